The largest absolute Gasteiger partial charge is 0.437 e. The summed E-state index contributed by atoms with van der Waals surface area (Å²) in [6.07, 6.45) is 2.00. The lowest BCUT2D eigenvalue weighted by atomic mass is 9.78. The maximum atomic E-state index is 12.1. The van der Waals surface area contributed by atoms with Crippen molar-refractivity contribution >= 4 is 21.7 Å². The first-order chi connectivity index (χ1) is 10.1. The Bertz CT molecular complexity index is 728. The Morgan fingerprint density at radius 2 is 2.19 bits per heavy atom. The standard InChI is InChI=1S/C16H13BrN2O2/c17-10-4-1-3-9(7-10)14-11-5-2-6-13(20)15(11)21-16(19)12(14)8-18/h1,3-4,7,14H,2,5-6,19H2/t14-/m1/s1. The summed E-state index contributed by atoms with van der Waals surface area (Å²) in [6, 6.07) is 9.85. The summed E-state index contributed by atoms with van der Waals surface area (Å²) in [5.41, 5.74) is 8.05. The van der Waals surface area contributed by atoms with Crippen molar-refractivity contribution in [1.82, 2.24) is 0 Å². The fourth-order valence-corrected chi connectivity index (χ4v) is 3.32. The van der Waals surface area contributed by atoms with Crippen LogP contribution in [0.15, 0.2) is 51.5 Å². The van der Waals surface area contributed by atoms with Crippen molar-refractivity contribution in [2.45, 2.75) is 25.2 Å². The molecule has 0 spiro atoms. The van der Waals surface area contributed by atoms with E-state index in [4.69, 9.17) is 10.5 Å². The van der Waals surface area contributed by atoms with Gasteiger partial charge in [-0.3, -0.25) is 4.79 Å². The molecule has 0 fully saturated rings. The third kappa shape index (κ3) is 2.36. The third-order valence-electron chi connectivity index (χ3n) is 3.81. The van der Waals surface area contributed by atoms with Crippen LogP contribution in [0.3, 0.4) is 0 Å². The molecule has 2 N–H and O–H groups in total. The fourth-order valence-electron chi connectivity index (χ4n) is 2.90. The Kier molecular flexibility index (Phi) is 3.56. The smallest absolute Gasteiger partial charge is 0.205 e. The molecule has 0 unspecified atom stereocenters. The van der Waals surface area contributed by atoms with Crippen LogP contribution in [-0.4, -0.2) is 5.78 Å². The fraction of sp³-hybridized carbons (Fsp3) is 0.250. The van der Waals surface area contributed by atoms with Gasteiger partial charge < -0.3 is 10.5 Å². The van der Waals surface area contributed by atoms with Crippen molar-refractivity contribution in [2.24, 2.45) is 5.73 Å². The molecule has 0 saturated carbocycles. The van der Waals surface area contributed by atoms with Gasteiger partial charge in [0.05, 0.1) is 0 Å². The Hall–Kier alpha value is -2.06. The lowest BCUT2D eigenvalue weighted by Crippen LogP contribution is -2.26. The third-order valence-corrected chi connectivity index (χ3v) is 4.31. The molecule has 1 atom stereocenters. The van der Waals surface area contributed by atoms with Gasteiger partial charge in [0.1, 0.15) is 11.6 Å². The van der Waals surface area contributed by atoms with Crippen molar-refractivity contribution in [2.75, 3.05) is 0 Å². The second kappa shape index (κ2) is 5.38. The van der Waals surface area contributed by atoms with Gasteiger partial charge in [-0.1, -0.05) is 28.1 Å². The van der Waals surface area contributed by atoms with Crippen molar-refractivity contribution in [3.8, 4) is 6.07 Å². The highest BCUT2D eigenvalue weighted by atomic mass is 79.9. The van der Waals surface area contributed by atoms with Crippen LogP contribution in [0.4, 0.5) is 0 Å². The molecule has 21 heavy (non-hydrogen) atoms. The lowest BCUT2D eigenvalue weighted by molar-refractivity contribution is -0.119. The van der Waals surface area contributed by atoms with Crippen LogP contribution in [-0.2, 0) is 9.53 Å². The monoisotopic (exact) mass is 344 g/mol. The second-order valence-corrected chi connectivity index (χ2v) is 6.03. The van der Waals surface area contributed by atoms with E-state index in [2.05, 4.69) is 22.0 Å². The van der Waals surface area contributed by atoms with Gasteiger partial charge in [0.15, 0.2) is 11.5 Å². The molecule has 1 aromatic carbocycles. The van der Waals surface area contributed by atoms with Gasteiger partial charge in [0, 0.05) is 16.8 Å². The highest BCUT2D eigenvalue weighted by molar-refractivity contribution is 9.10. The highest BCUT2D eigenvalue weighted by Gasteiger charge is 2.36. The van der Waals surface area contributed by atoms with Gasteiger partial charge in [-0.2, -0.15) is 5.26 Å². The van der Waals surface area contributed by atoms with Crippen LogP contribution >= 0.6 is 15.9 Å². The molecule has 1 aromatic rings. The number of nitriles is 1. The number of carbonyl (C=O) groups is 1. The van der Waals surface area contributed by atoms with E-state index < -0.39 is 0 Å². The van der Waals surface area contributed by atoms with E-state index in [1.54, 1.807) is 0 Å². The zero-order valence-electron chi connectivity index (χ0n) is 11.2. The Morgan fingerprint density at radius 3 is 2.90 bits per heavy atom. The SMILES string of the molecule is N#CC1=C(N)OC2=C(CCCC2=O)[C@H]1c1cccc(Br)c1. The van der Waals surface area contributed by atoms with Crippen LogP contribution in [0.2, 0.25) is 0 Å². The summed E-state index contributed by atoms with van der Waals surface area (Å²) in [4.78, 5) is 12.1. The number of hydrogen-bond donors (Lipinski definition) is 1. The molecule has 2 aliphatic rings. The zero-order valence-corrected chi connectivity index (χ0v) is 12.8. The quantitative estimate of drug-likeness (QED) is 0.848. The predicted octanol–water partition coefficient (Wildman–Crippen LogP) is 3.26. The number of Topliss-reactive ketones (excluding diaryl/α,β-unsaturated/α-hetero) is 1. The Balaban J connectivity index is 2.18. The summed E-state index contributed by atoms with van der Waals surface area (Å²) in [5, 5.41) is 9.43. The highest BCUT2D eigenvalue weighted by Crippen LogP contribution is 2.43. The van der Waals surface area contributed by atoms with Gasteiger partial charge in [0.25, 0.3) is 0 Å². The number of halogens is 1. The molecule has 1 aliphatic heterocycles. The molecule has 3 rings (SSSR count). The van der Waals surface area contributed by atoms with E-state index >= 15 is 0 Å². The summed E-state index contributed by atoms with van der Waals surface area (Å²) >= 11 is 3.44. The molecule has 0 amide bonds. The number of nitrogens with zero attached hydrogens (tertiary/aromatic N) is 1. The predicted molar refractivity (Wildman–Crippen MR) is 80.7 cm³/mol. The van der Waals surface area contributed by atoms with Gasteiger partial charge in [-0.15, -0.1) is 0 Å². The van der Waals surface area contributed by atoms with Crippen molar-refractivity contribution in [3.63, 3.8) is 0 Å². The van der Waals surface area contributed by atoms with Crippen molar-refractivity contribution in [1.29, 1.82) is 5.26 Å². The first-order valence-corrected chi connectivity index (χ1v) is 7.50. The van der Waals surface area contributed by atoms with Crippen LogP contribution in [0.1, 0.15) is 30.7 Å². The number of allylic oxidation sites excluding steroid dienone is 3. The number of hydrogen-bond acceptors (Lipinski definition) is 4. The van der Waals surface area contributed by atoms with Crippen LogP contribution in [0, 0.1) is 11.3 Å². The average molecular weight is 345 g/mol. The Morgan fingerprint density at radius 1 is 1.38 bits per heavy atom. The van der Waals surface area contributed by atoms with E-state index in [0.29, 0.717) is 17.8 Å². The first kappa shape index (κ1) is 13.9. The van der Waals surface area contributed by atoms with Crippen molar-refractivity contribution in [3.05, 3.63) is 57.1 Å². The molecule has 0 radical (unpaired) electrons. The maximum Gasteiger partial charge on any atom is 0.205 e. The molecule has 4 nitrogen and oxygen atoms in total. The van der Waals surface area contributed by atoms with E-state index in [1.807, 2.05) is 24.3 Å². The number of rotatable bonds is 1. The van der Waals surface area contributed by atoms with E-state index in [0.717, 1.165) is 28.5 Å². The van der Waals surface area contributed by atoms with Gasteiger partial charge in [-0.25, -0.2) is 0 Å². The number of nitrogens with two attached hydrogens (primary N) is 1. The minimum absolute atomic E-state index is 0.0313. The second-order valence-electron chi connectivity index (χ2n) is 5.11. The summed E-state index contributed by atoms with van der Waals surface area (Å²) in [7, 11) is 0. The topological polar surface area (TPSA) is 76.1 Å². The van der Waals surface area contributed by atoms with E-state index in [-0.39, 0.29) is 17.6 Å². The number of carbonyl (C=O) groups excluding carboxylic acids is 1. The minimum Gasteiger partial charge on any atom is -0.437 e. The molecular weight excluding hydrogens is 332 g/mol. The van der Waals surface area contributed by atoms with Gasteiger partial charge in [0.2, 0.25) is 5.88 Å². The molecule has 0 aromatic heterocycles. The first-order valence-electron chi connectivity index (χ1n) is 6.71. The molecule has 5 heteroatoms. The maximum absolute atomic E-state index is 12.1. The Labute approximate surface area is 131 Å². The van der Waals surface area contributed by atoms with E-state index in [9.17, 15) is 10.1 Å². The molecular formula is C16H13BrN2O2. The summed E-state index contributed by atoms with van der Waals surface area (Å²) < 4.78 is 6.36. The number of benzene rings is 1. The van der Waals surface area contributed by atoms with Crippen LogP contribution in [0.25, 0.3) is 0 Å². The van der Waals surface area contributed by atoms with Gasteiger partial charge >= 0.3 is 0 Å². The van der Waals surface area contributed by atoms with E-state index in [1.165, 1.54) is 0 Å². The molecule has 0 bridgehead atoms. The minimum atomic E-state index is -0.291. The molecule has 0 saturated heterocycles. The molecule has 1 heterocycles. The number of ketones is 1. The zero-order chi connectivity index (χ0) is 15.0. The lowest BCUT2D eigenvalue weighted by Gasteiger charge is -2.31. The normalized spacial score (nSPS) is 21.7. The molecule has 106 valence electrons. The summed E-state index contributed by atoms with van der Waals surface area (Å²) in [5.74, 6) is 0.0517. The van der Waals surface area contributed by atoms with Crippen molar-refractivity contribution < 1.29 is 9.53 Å². The van der Waals surface area contributed by atoms with Crippen LogP contribution in [0.5, 0.6) is 0 Å². The summed E-state index contributed by atoms with van der Waals surface area (Å²) in [6.45, 7) is 0. The number of ether oxygens (including phenoxy) is 1. The average Bonchev–Trinajstić information content (AvgIpc) is 2.47. The molecule has 1 aliphatic carbocycles. The van der Waals surface area contributed by atoms with Gasteiger partial charge in [-0.05, 0) is 36.1 Å². The van der Waals surface area contributed by atoms with Crippen LogP contribution < -0.4 is 5.73 Å².